The Morgan fingerprint density at radius 3 is 2.84 bits per heavy atom. The molecule has 0 radical (unpaired) electrons. The molecule has 0 aliphatic carbocycles. The predicted octanol–water partition coefficient (Wildman–Crippen LogP) is 3.65. The van der Waals surface area contributed by atoms with Crippen LogP contribution in [0.3, 0.4) is 0 Å². The first-order chi connectivity index (χ1) is 9.19. The van der Waals surface area contributed by atoms with Gasteiger partial charge in [0.05, 0.1) is 7.11 Å². The minimum atomic E-state index is -0.252. The highest BCUT2D eigenvalue weighted by molar-refractivity contribution is 9.10. The molecule has 100 valence electrons. The highest BCUT2D eigenvalue weighted by Crippen LogP contribution is 2.20. The fourth-order valence-corrected chi connectivity index (χ4v) is 1.98. The smallest absolute Gasteiger partial charge is 0.125 e. The summed E-state index contributed by atoms with van der Waals surface area (Å²) in [6.45, 7) is 0.661. The number of benzene rings is 1. The Bertz CT molecular complexity index is 546. The molecule has 1 aromatic carbocycles. The van der Waals surface area contributed by atoms with Gasteiger partial charge < -0.3 is 10.1 Å². The number of methoxy groups -OCH3 is 1. The van der Waals surface area contributed by atoms with Gasteiger partial charge in [-0.2, -0.15) is 0 Å². The van der Waals surface area contributed by atoms with Crippen LogP contribution in [-0.2, 0) is 6.42 Å². The molecule has 2 rings (SSSR count). The standard InChI is InChI=1S/C14H14BrFN2O/c1-19-13-4-3-12(16)8-10(13)6-7-17-14-5-2-11(15)9-18-14/h2-5,8-9H,6-7H2,1H3,(H,17,18). The van der Waals surface area contributed by atoms with Crippen LogP contribution in [0.15, 0.2) is 41.0 Å². The van der Waals surface area contributed by atoms with Gasteiger partial charge in [0.2, 0.25) is 0 Å². The lowest BCUT2D eigenvalue weighted by Crippen LogP contribution is -2.07. The number of ether oxygens (including phenoxy) is 1. The normalized spacial score (nSPS) is 10.3. The van der Waals surface area contributed by atoms with Crippen LogP contribution >= 0.6 is 15.9 Å². The second-order valence-electron chi connectivity index (χ2n) is 3.99. The molecule has 0 aliphatic rings. The van der Waals surface area contributed by atoms with Gasteiger partial charge in [-0.25, -0.2) is 9.37 Å². The van der Waals surface area contributed by atoms with Crippen molar-refractivity contribution in [2.24, 2.45) is 0 Å². The van der Waals surface area contributed by atoms with E-state index in [1.165, 1.54) is 12.1 Å². The van der Waals surface area contributed by atoms with Crippen LogP contribution in [-0.4, -0.2) is 18.6 Å². The first-order valence-electron chi connectivity index (χ1n) is 5.87. The van der Waals surface area contributed by atoms with Crippen LogP contribution in [0.4, 0.5) is 10.2 Å². The summed E-state index contributed by atoms with van der Waals surface area (Å²) in [5.41, 5.74) is 0.840. The number of hydrogen-bond acceptors (Lipinski definition) is 3. The summed E-state index contributed by atoms with van der Waals surface area (Å²) >= 11 is 3.33. The van der Waals surface area contributed by atoms with Gasteiger partial charge in [0.15, 0.2) is 0 Å². The lowest BCUT2D eigenvalue weighted by atomic mass is 10.1. The van der Waals surface area contributed by atoms with Crippen molar-refractivity contribution in [2.45, 2.75) is 6.42 Å². The lowest BCUT2D eigenvalue weighted by molar-refractivity contribution is 0.408. The average molecular weight is 325 g/mol. The van der Waals surface area contributed by atoms with Gasteiger partial charge in [-0.3, -0.25) is 0 Å². The third-order valence-corrected chi connectivity index (χ3v) is 3.14. The summed E-state index contributed by atoms with van der Waals surface area (Å²) in [5.74, 6) is 1.24. The van der Waals surface area contributed by atoms with Crippen LogP contribution in [0.5, 0.6) is 5.75 Å². The molecule has 3 nitrogen and oxygen atoms in total. The van der Waals surface area contributed by atoms with Gasteiger partial charge in [-0.15, -0.1) is 0 Å². The second-order valence-corrected chi connectivity index (χ2v) is 4.91. The number of nitrogens with zero attached hydrogens (tertiary/aromatic N) is 1. The summed E-state index contributed by atoms with van der Waals surface area (Å²) in [7, 11) is 1.58. The quantitative estimate of drug-likeness (QED) is 0.911. The molecule has 2 aromatic rings. The second kappa shape index (κ2) is 6.52. The molecule has 0 spiro atoms. The molecular weight excluding hydrogens is 311 g/mol. The Hall–Kier alpha value is -1.62. The minimum Gasteiger partial charge on any atom is -0.496 e. The van der Waals surface area contributed by atoms with Gasteiger partial charge in [0.1, 0.15) is 17.4 Å². The maximum atomic E-state index is 13.2. The largest absolute Gasteiger partial charge is 0.496 e. The van der Waals surface area contributed by atoms with Gasteiger partial charge in [0, 0.05) is 17.2 Å². The van der Waals surface area contributed by atoms with Crippen LogP contribution in [0.1, 0.15) is 5.56 Å². The zero-order valence-electron chi connectivity index (χ0n) is 10.5. The molecule has 1 heterocycles. The number of halogens is 2. The average Bonchev–Trinajstić information content (AvgIpc) is 2.41. The number of nitrogens with one attached hydrogen (secondary N) is 1. The highest BCUT2D eigenvalue weighted by atomic mass is 79.9. The highest BCUT2D eigenvalue weighted by Gasteiger charge is 2.04. The van der Waals surface area contributed by atoms with Gasteiger partial charge in [-0.1, -0.05) is 0 Å². The van der Waals surface area contributed by atoms with E-state index in [1.54, 1.807) is 19.4 Å². The number of hydrogen-bond donors (Lipinski definition) is 1. The Morgan fingerprint density at radius 1 is 1.32 bits per heavy atom. The third kappa shape index (κ3) is 3.92. The first kappa shape index (κ1) is 13.8. The van der Waals surface area contributed by atoms with Crippen molar-refractivity contribution >= 4 is 21.7 Å². The van der Waals surface area contributed by atoms with E-state index in [2.05, 4.69) is 26.2 Å². The molecule has 5 heteroatoms. The third-order valence-electron chi connectivity index (χ3n) is 2.67. The number of rotatable bonds is 5. The molecule has 1 N–H and O–H groups in total. The molecule has 19 heavy (non-hydrogen) atoms. The molecule has 0 atom stereocenters. The van der Waals surface area contributed by atoms with Crippen molar-refractivity contribution in [2.75, 3.05) is 19.0 Å². The van der Waals surface area contributed by atoms with Crippen LogP contribution in [0.2, 0.25) is 0 Å². The van der Waals surface area contributed by atoms with E-state index in [0.717, 1.165) is 15.9 Å². The van der Waals surface area contributed by atoms with Gasteiger partial charge in [0.25, 0.3) is 0 Å². The van der Waals surface area contributed by atoms with Crippen molar-refractivity contribution in [3.63, 3.8) is 0 Å². The number of anilines is 1. The molecule has 0 saturated carbocycles. The van der Waals surface area contributed by atoms with E-state index in [4.69, 9.17) is 4.74 Å². The SMILES string of the molecule is COc1ccc(F)cc1CCNc1ccc(Br)cn1. The maximum absolute atomic E-state index is 13.2. The summed E-state index contributed by atoms with van der Waals surface area (Å²) < 4.78 is 19.3. The first-order valence-corrected chi connectivity index (χ1v) is 6.66. The Balaban J connectivity index is 1.95. The van der Waals surface area contributed by atoms with Crippen molar-refractivity contribution in [3.05, 3.63) is 52.4 Å². The molecule has 0 saturated heterocycles. The van der Waals surface area contributed by atoms with Crippen molar-refractivity contribution in [3.8, 4) is 5.75 Å². The van der Waals surface area contributed by atoms with Crippen LogP contribution < -0.4 is 10.1 Å². The Kier molecular flexibility index (Phi) is 4.74. The topological polar surface area (TPSA) is 34.1 Å². The van der Waals surface area contributed by atoms with E-state index in [1.807, 2.05) is 12.1 Å². The molecule has 0 amide bonds. The zero-order valence-corrected chi connectivity index (χ0v) is 12.1. The molecular formula is C14H14BrFN2O. The summed E-state index contributed by atoms with van der Waals surface area (Å²) in [6, 6.07) is 8.33. The predicted molar refractivity (Wildman–Crippen MR) is 77.1 cm³/mol. The molecule has 1 aromatic heterocycles. The van der Waals surface area contributed by atoms with Crippen LogP contribution in [0.25, 0.3) is 0 Å². The monoisotopic (exact) mass is 324 g/mol. The minimum absolute atomic E-state index is 0.252. The Labute approximate surface area is 119 Å². The van der Waals surface area contributed by atoms with Gasteiger partial charge in [-0.05, 0) is 58.2 Å². The zero-order chi connectivity index (χ0) is 13.7. The molecule has 0 fully saturated rings. The fourth-order valence-electron chi connectivity index (χ4n) is 1.75. The van der Waals surface area contributed by atoms with Crippen LogP contribution in [0, 0.1) is 5.82 Å². The maximum Gasteiger partial charge on any atom is 0.125 e. The van der Waals surface area contributed by atoms with E-state index >= 15 is 0 Å². The molecule has 0 aliphatic heterocycles. The summed E-state index contributed by atoms with van der Waals surface area (Å²) in [5, 5.41) is 3.18. The van der Waals surface area contributed by atoms with E-state index in [-0.39, 0.29) is 5.82 Å². The van der Waals surface area contributed by atoms with Crippen molar-refractivity contribution < 1.29 is 9.13 Å². The molecule has 0 unspecified atom stereocenters. The van der Waals surface area contributed by atoms with E-state index < -0.39 is 0 Å². The Morgan fingerprint density at radius 2 is 2.16 bits per heavy atom. The van der Waals surface area contributed by atoms with E-state index in [9.17, 15) is 4.39 Å². The number of pyridine rings is 1. The summed E-state index contributed by atoms with van der Waals surface area (Å²) in [4.78, 5) is 4.21. The summed E-state index contributed by atoms with van der Waals surface area (Å²) in [6.07, 6.45) is 2.39. The fraction of sp³-hybridized carbons (Fsp3) is 0.214. The number of aromatic nitrogens is 1. The molecule has 0 bridgehead atoms. The van der Waals surface area contributed by atoms with Gasteiger partial charge >= 0.3 is 0 Å². The lowest BCUT2D eigenvalue weighted by Gasteiger charge is -2.09. The van der Waals surface area contributed by atoms with E-state index in [0.29, 0.717) is 18.7 Å². The van der Waals surface area contributed by atoms with Crippen molar-refractivity contribution in [1.29, 1.82) is 0 Å². The van der Waals surface area contributed by atoms with Crippen molar-refractivity contribution in [1.82, 2.24) is 4.98 Å².